The molecule has 2 heterocycles. The quantitative estimate of drug-likeness (QED) is 0.869. The lowest BCUT2D eigenvalue weighted by molar-refractivity contribution is 0.0684. The van der Waals surface area contributed by atoms with Gasteiger partial charge in [-0.15, -0.1) is 5.10 Å². The maximum Gasteiger partial charge on any atom is 0.358 e. The Morgan fingerprint density at radius 2 is 2.15 bits per heavy atom. The predicted molar refractivity (Wildman–Crippen MR) is 72.4 cm³/mol. The molecule has 9 heteroatoms. The van der Waals surface area contributed by atoms with E-state index >= 15 is 0 Å². The summed E-state index contributed by atoms with van der Waals surface area (Å²) in [5.74, 6) is -1.12. The number of carboxylic acids is 1. The van der Waals surface area contributed by atoms with Crippen molar-refractivity contribution in [2.24, 2.45) is 7.05 Å². The SMILES string of the molecule is COCc1c(C(=O)O)nnn1Cc1c(Br)c(C)nn1C. The third-order valence-corrected chi connectivity index (χ3v) is 3.91. The lowest BCUT2D eigenvalue weighted by atomic mass is 10.3. The van der Waals surface area contributed by atoms with Crippen molar-refractivity contribution < 1.29 is 14.6 Å². The molecule has 0 radical (unpaired) electrons. The average molecular weight is 344 g/mol. The highest BCUT2D eigenvalue weighted by Gasteiger charge is 2.21. The Balaban J connectivity index is 2.40. The van der Waals surface area contributed by atoms with Gasteiger partial charge in [-0.25, -0.2) is 9.48 Å². The fourth-order valence-electron chi connectivity index (χ4n) is 1.90. The van der Waals surface area contributed by atoms with Crippen molar-refractivity contribution >= 4 is 21.9 Å². The zero-order valence-corrected chi connectivity index (χ0v) is 12.9. The zero-order valence-electron chi connectivity index (χ0n) is 11.3. The summed E-state index contributed by atoms with van der Waals surface area (Å²) in [7, 11) is 3.31. The van der Waals surface area contributed by atoms with E-state index in [9.17, 15) is 4.79 Å². The van der Waals surface area contributed by atoms with Gasteiger partial charge in [-0.3, -0.25) is 4.68 Å². The van der Waals surface area contributed by atoms with Gasteiger partial charge in [-0.1, -0.05) is 5.21 Å². The number of nitrogens with zero attached hydrogens (tertiary/aromatic N) is 5. The van der Waals surface area contributed by atoms with E-state index < -0.39 is 5.97 Å². The molecular formula is C11H14BrN5O3. The van der Waals surface area contributed by atoms with Crippen LogP contribution >= 0.6 is 15.9 Å². The monoisotopic (exact) mass is 343 g/mol. The second-order valence-electron chi connectivity index (χ2n) is 4.25. The van der Waals surface area contributed by atoms with Crippen molar-refractivity contribution in [3.8, 4) is 0 Å². The molecule has 0 saturated carbocycles. The third-order valence-electron chi connectivity index (χ3n) is 2.88. The number of ether oxygens (including phenoxy) is 1. The first-order chi connectivity index (χ1) is 9.45. The van der Waals surface area contributed by atoms with E-state index in [2.05, 4.69) is 31.3 Å². The Kier molecular flexibility index (Phi) is 4.19. The van der Waals surface area contributed by atoms with Gasteiger partial charge in [0.2, 0.25) is 0 Å². The summed E-state index contributed by atoms with van der Waals surface area (Å²) in [5, 5.41) is 20.9. The second-order valence-corrected chi connectivity index (χ2v) is 5.04. The highest BCUT2D eigenvalue weighted by atomic mass is 79.9. The second kappa shape index (κ2) is 5.71. The van der Waals surface area contributed by atoms with Gasteiger partial charge in [0.05, 0.1) is 34.7 Å². The van der Waals surface area contributed by atoms with Crippen molar-refractivity contribution in [2.75, 3.05) is 7.11 Å². The Hall–Kier alpha value is -1.74. The zero-order chi connectivity index (χ0) is 14.9. The fraction of sp³-hybridized carbons (Fsp3) is 0.455. The van der Waals surface area contributed by atoms with Gasteiger partial charge >= 0.3 is 5.97 Å². The minimum atomic E-state index is -1.12. The minimum absolute atomic E-state index is 0.0955. The molecule has 0 aliphatic rings. The van der Waals surface area contributed by atoms with Gasteiger partial charge in [0.25, 0.3) is 0 Å². The summed E-state index contributed by atoms with van der Waals surface area (Å²) in [6.07, 6.45) is 0. The number of aromatic nitrogens is 5. The van der Waals surface area contributed by atoms with Crippen LogP contribution in [0.2, 0.25) is 0 Å². The standard InChI is InChI=1S/C11H14BrN5O3/c1-6-9(12)7(16(2)14-6)4-17-8(5-20-3)10(11(18)19)13-15-17/h4-5H2,1-3H3,(H,18,19). The number of methoxy groups -OCH3 is 1. The number of carboxylic acid groups (broad SMARTS) is 1. The van der Waals surface area contributed by atoms with Crippen LogP contribution in [0.15, 0.2) is 4.47 Å². The third kappa shape index (κ3) is 2.59. The van der Waals surface area contributed by atoms with Crippen LogP contribution < -0.4 is 0 Å². The number of halogens is 1. The Labute approximate surface area is 123 Å². The van der Waals surface area contributed by atoms with Crippen molar-refractivity contribution in [3.05, 3.63) is 27.2 Å². The Morgan fingerprint density at radius 1 is 1.45 bits per heavy atom. The van der Waals surface area contributed by atoms with E-state index in [1.807, 2.05) is 14.0 Å². The minimum Gasteiger partial charge on any atom is -0.476 e. The molecule has 0 unspecified atom stereocenters. The fourth-order valence-corrected chi connectivity index (χ4v) is 2.36. The summed E-state index contributed by atoms with van der Waals surface area (Å²) in [6.45, 7) is 2.37. The molecule has 2 aromatic heterocycles. The summed E-state index contributed by atoms with van der Waals surface area (Å²) < 4.78 is 9.12. The van der Waals surface area contributed by atoms with Gasteiger partial charge in [-0.2, -0.15) is 5.10 Å². The first-order valence-electron chi connectivity index (χ1n) is 5.78. The molecule has 0 aliphatic heterocycles. The van der Waals surface area contributed by atoms with E-state index in [4.69, 9.17) is 9.84 Å². The van der Waals surface area contributed by atoms with Crippen LogP contribution in [0.1, 0.15) is 27.6 Å². The first-order valence-corrected chi connectivity index (χ1v) is 6.57. The van der Waals surface area contributed by atoms with Crippen LogP contribution in [0.3, 0.4) is 0 Å². The molecule has 0 fully saturated rings. The summed E-state index contributed by atoms with van der Waals surface area (Å²) in [4.78, 5) is 11.1. The molecule has 20 heavy (non-hydrogen) atoms. The molecule has 0 aromatic carbocycles. The lowest BCUT2D eigenvalue weighted by Crippen LogP contribution is -2.12. The molecule has 1 N–H and O–H groups in total. The van der Waals surface area contributed by atoms with Gasteiger partial charge in [0.15, 0.2) is 5.69 Å². The summed E-state index contributed by atoms with van der Waals surface area (Å²) >= 11 is 3.47. The van der Waals surface area contributed by atoms with Crippen LogP contribution in [0.25, 0.3) is 0 Å². The average Bonchev–Trinajstić information content (AvgIpc) is 2.87. The Bertz CT molecular complexity index is 649. The largest absolute Gasteiger partial charge is 0.476 e. The number of aromatic carboxylic acids is 1. The predicted octanol–water partition coefficient (Wildman–Crippen LogP) is 0.975. The molecule has 0 atom stereocenters. The topological polar surface area (TPSA) is 95.1 Å². The Morgan fingerprint density at radius 3 is 2.65 bits per heavy atom. The van der Waals surface area contributed by atoms with E-state index in [1.165, 1.54) is 11.8 Å². The van der Waals surface area contributed by atoms with Crippen LogP contribution in [-0.2, 0) is 24.9 Å². The van der Waals surface area contributed by atoms with Crippen molar-refractivity contribution in [3.63, 3.8) is 0 Å². The van der Waals surface area contributed by atoms with E-state index in [0.29, 0.717) is 12.2 Å². The molecule has 8 nitrogen and oxygen atoms in total. The number of hydrogen-bond donors (Lipinski definition) is 1. The maximum atomic E-state index is 11.1. The van der Waals surface area contributed by atoms with Crippen molar-refractivity contribution in [2.45, 2.75) is 20.1 Å². The molecule has 108 valence electrons. The van der Waals surface area contributed by atoms with Crippen LogP contribution in [0.4, 0.5) is 0 Å². The van der Waals surface area contributed by atoms with Crippen LogP contribution in [-0.4, -0.2) is 43.0 Å². The van der Waals surface area contributed by atoms with Crippen molar-refractivity contribution in [1.82, 2.24) is 24.8 Å². The van der Waals surface area contributed by atoms with Gasteiger partial charge in [0.1, 0.15) is 0 Å². The highest BCUT2D eigenvalue weighted by Crippen LogP contribution is 2.21. The van der Waals surface area contributed by atoms with Crippen LogP contribution in [0.5, 0.6) is 0 Å². The molecule has 0 bridgehead atoms. The number of rotatable bonds is 5. The van der Waals surface area contributed by atoms with E-state index in [0.717, 1.165) is 15.9 Å². The molecule has 2 rings (SSSR count). The normalized spacial score (nSPS) is 11.0. The van der Waals surface area contributed by atoms with E-state index in [-0.39, 0.29) is 12.3 Å². The molecule has 2 aromatic rings. The van der Waals surface area contributed by atoms with Crippen molar-refractivity contribution in [1.29, 1.82) is 0 Å². The smallest absolute Gasteiger partial charge is 0.358 e. The first kappa shape index (κ1) is 14.7. The summed E-state index contributed by atoms with van der Waals surface area (Å²) in [5.41, 5.74) is 2.06. The molecular weight excluding hydrogens is 330 g/mol. The number of aryl methyl sites for hydroxylation is 2. The molecule has 0 spiro atoms. The molecule has 0 aliphatic carbocycles. The van der Waals surface area contributed by atoms with Gasteiger partial charge in [0, 0.05) is 14.2 Å². The number of carbonyl (C=O) groups is 1. The van der Waals surface area contributed by atoms with Gasteiger partial charge in [-0.05, 0) is 22.9 Å². The lowest BCUT2D eigenvalue weighted by Gasteiger charge is -2.07. The van der Waals surface area contributed by atoms with Crippen LogP contribution in [0, 0.1) is 6.92 Å². The van der Waals surface area contributed by atoms with E-state index in [1.54, 1.807) is 4.68 Å². The number of hydrogen-bond acceptors (Lipinski definition) is 5. The summed E-state index contributed by atoms with van der Waals surface area (Å²) in [6, 6.07) is 0. The van der Waals surface area contributed by atoms with Gasteiger partial charge < -0.3 is 9.84 Å². The highest BCUT2D eigenvalue weighted by molar-refractivity contribution is 9.10. The maximum absolute atomic E-state index is 11.1. The molecule has 0 saturated heterocycles. The molecule has 0 amide bonds.